The number of para-hydroxylation sites is 1. The number of pyridine rings is 2. The Bertz CT molecular complexity index is 1680. The zero-order valence-electron chi connectivity index (χ0n) is 19.0. The van der Waals surface area contributed by atoms with Crippen LogP contribution >= 0.6 is 0 Å². The lowest BCUT2D eigenvalue weighted by Crippen LogP contribution is -2.48. The second-order valence-corrected chi connectivity index (χ2v) is 8.70. The number of halogens is 1. The minimum absolute atomic E-state index is 0.0762. The number of fused-ring (bicyclic) bond motifs is 5. The first kappa shape index (κ1) is 21.9. The molecule has 10 heteroatoms. The summed E-state index contributed by atoms with van der Waals surface area (Å²) in [4.78, 5) is 42.4. The average Bonchev–Trinajstić information content (AvgIpc) is 3.23. The Hall–Kier alpha value is -4.60. The third-order valence-electron chi connectivity index (χ3n) is 6.81. The number of aromatic nitrogens is 2. The molecular formula is C26H18FN3O6. The van der Waals surface area contributed by atoms with Gasteiger partial charge in [-0.15, -0.1) is 0 Å². The molecular weight excluding hydrogens is 469 g/mol. The highest BCUT2D eigenvalue weighted by Crippen LogP contribution is 2.42. The minimum atomic E-state index is -1.73. The highest BCUT2D eigenvalue weighted by molar-refractivity contribution is 5.91. The van der Waals surface area contributed by atoms with Gasteiger partial charge in [-0.2, -0.15) is 0 Å². The van der Waals surface area contributed by atoms with Gasteiger partial charge in [0.15, 0.2) is 11.6 Å². The van der Waals surface area contributed by atoms with Crippen LogP contribution in [0, 0.1) is 15.9 Å². The van der Waals surface area contributed by atoms with E-state index in [4.69, 9.17) is 9.47 Å². The molecule has 2 aromatic carbocycles. The maximum absolute atomic E-state index is 14.5. The van der Waals surface area contributed by atoms with Gasteiger partial charge in [-0.3, -0.25) is 14.9 Å². The molecule has 0 radical (unpaired) electrons. The standard InChI is InChI=1S/C26H18FN3O6/c1-2-26(36-22-9-4-3-6-18(22)27)17-11-21-23-14(12-29(21)24(31)16(17)13-35-25(26)32)10-15-19(28-23)7-5-8-20(15)30(33)34/h3-11H,2,12-13H2,1H3/t26-/m0/s1. The summed E-state index contributed by atoms with van der Waals surface area (Å²) in [6.07, 6.45) is 0.0836. The summed E-state index contributed by atoms with van der Waals surface area (Å²) in [5.74, 6) is -1.50. The number of non-ortho nitro benzene ring substituents is 1. The summed E-state index contributed by atoms with van der Waals surface area (Å²) in [5.41, 5.74) is 0.322. The molecule has 0 saturated heterocycles. The van der Waals surface area contributed by atoms with E-state index < -0.39 is 22.3 Å². The normalized spacial score (nSPS) is 17.8. The number of rotatable bonds is 4. The Labute approximate surface area is 202 Å². The van der Waals surface area contributed by atoms with E-state index in [-0.39, 0.29) is 42.1 Å². The van der Waals surface area contributed by atoms with Gasteiger partial charge in [0.25, 0.3) is 11.2 Å². The first-order valence-electron chi connectivity index (χ1n) is 11.3. The smallest absolute Gasteiger partial charge is 0.355 e. The number of ether oxygens (including phenoxy) is 2. The molecule has 0 saturated carbocycles. The van der Waals surface area contributed by atoms with Gasteiger partial charge in [0.05, 0.1) is 39.3 Å². The predicted octanol–water partition coefficient (Wildman–Crippen LogP) is 4.21. The van der Waals surface area contributed by atoms with Crippen molar-refractivity contribution < 1.29 is 23.6 Å². The SMILES string of the molecule is CC[C@@]1(Oc2ccccc2F)C(=O)OCc2c1cc1n(c2=O)Cc2cc3c([N+](=O)[O-])cccc3nc2-1. The van der Waals surface area contributed by atoms with Crippen LogP contribution in [0.1, 0.15) is 30.0 Å². The number of esters is 1. The van der Waals surface area contributed by atoms with E-state index in [1.54, 1.807) is 37.3 Å². The molecule has 180 valence electrons. The maximum atomic E-state index is 14.5. The van der Waals surface area contributed by atoms with E-state index in [1.807, 2.05) is 0 Å². The fourth-order valence-corrected chi connectivity index (χ4v) is 5.02. The third-order valence-corrected chi connectivity index (χ3v) is 6.81. The second-order valence-electron chi connectivity index (χ2n) is 8.70. The van der Waals surface area contributed by atoms with Crippen molar-refractivity contribution in [2.24, 2.45) is 0 Å². The summed E-state index contributed by atoms with van der Waals surface area (Å²) in [6.45, 7) is 1.61. The molecule has 4 aromatic rings. The lowest BCUT2D eigenvalue weighted by molar-refractivity contribution is -0.383. The van der Waals surface area contributed by atoms with E-state index in [9.17, 15) is 24.1 Å². The molecule has 36 heavy (non-hydrogen) atoms. The molecule has 1 atom stereocenters. The molecule has 2 aliphatic heterocycles. The van der Waals surface area contributed by atoms with Crippen LogP contribution in [0.5, 0.6) is 5.75 Å². The number of cyclic esters (lactones) is 1. The van der Waals surface area contributed by atoms with Crippen LogP contribution in [0.2, 0.25) is 0 Å². The van der Waals surface area contributed by atoms with Crippen molar-refractivity contribution in [3.05, 3.63) is 97.6 Å². The zero-order chi connectivity index (χ0) is 25.2. The molecule has 0 aliphatic carbocycles. The van der Waals surface area contributed by atoms with Gasteiger partial charge in [0.1, 0.15) is 6.61 Å². The fourth-order valence-electron chi connectivity index (χ4n) is 5.02. The van der Waals surface area contributed by atoms with E-state index in [0.717, 1.165) is 0 Å². The highest BCUT2D eigenvalue weighted by Gasteiger charge is 2.49. The van der Waals surface area contributed by atoms with Crippen molar-refractivity contribution in [1.29, 1.82) is 0 Å². The number of carbonyl (C=O) groups excluding carboxylic acids is 1. The van der Waals surface area contributed by atoms with Gasteiger partial charge in [-0.1, -0.05) is 25.1 Å². The molecule has 6 rings (SSSR count). The van der Waals surface area contributed by atoms with Crippen LogP contribution in [-0.4, -0.2) is 20.4 Å². The first-order valence-corrected chi connectivity index (χ1v) is 11.3. The van der Waals surface area contributed by atoms with Crippen molar-refractivity contribution in [3.8, 4) is 17.1 Å². The summed E-state index contributed by atoms with van der Waals surface area (Å²) < 4.78 is 27.3. The van der Waals surface area contributed by atoms with Crippen LogP contribution in [0.3, 0.4) is 0 Å². The largest absolute Gasteiger partial charge is 0.468 e. The van der Waals surface area contributed by atoms with Gasteiger partial charge in [0.2, 0.25) is 5.60 Å². The summed E-state index contributed by atoms with van der Waals surface area (Å²) in [7, 11) is 0. The number of hydrogen-bond acceptors (Lipinski definition) is 7. The average molecular weight is 487 g/mol. The Morgan fingerprint density at radius 1 is 1.19 bits per heavy atom. The number of benzene rings is 2. The molecule has 2 aromatic heterocycles. The molecule has 9 nitrogen and oxygen atoms in total. The molecule has 0 N–H and O–H groups in total. The van der Waals surface area contributed by atoms with Crippen LogP contribution in [0.4, 0.5) is 10.1 Å². The van der Waals surface area contributed by atoms with Gasteiger partial charge in [-0.25, -0.2) is 14.2 Å². The number of nitro benzene ring substituents is 1. The number of carbonyl (C=O) groups is 1. The van der Waals surface area contributed by atoms with Gasteiger partial charge < -0.3 is 14.0 Å². The minimum Gasteiger partial charge on any atom is -0.468 e. The van der Waals surface area contributed by atoms with Crippen LogP contribution < -0.4 is 10.3 Å². The monoisotopic (exact) mass is 487 g/mol. The highest BCUT2D eigenvalue weighted by atomic mass is 19.1. The Morgan fingerprint density at radius 3 is 2.75 bits per heavy atom. The second kappa shape index (κ2) is 7.70. The number of nitro groups is 1. The van der Waals surface area contributed by atoms with E-state index in [1.165, 1.54) is 28.8 Å². The van der Waals surface area contributed by atoms with E-state index in [2.05, 4.69) is 4.98 Å². The van der Waals surface area contributed by atoms with E-state index in [0.29, 0.717) is 33.4 Å². The lowest BCUT2D eigenvalue weighted by Gasteiger charge is -2.36. The topological polar surface area (TPSA) is 114 Å². The molecule has 0 unspecified atom stereocenters. The molecule has 0 spiro atoms. The predicted molar refractivity (Wildman–Crippen MR) is 126 cm³/mol. The van der Waals surface area contributed by atoms with Gasteiger partial charge in [0, 0.05) is 17.2 Å². The molecule has 2 aliphatic rings. The Balaban J connectivity index is 1.58. The van der Waals surface area contributed by atoms with Crippen molar-refractivity contribution in [3.63, 3.8) is 0 Å². The van der Waals surface area contributed by atoms with Crippen LogP contribution in [0.15, 0.2) is 59.4 Å². The number of nitrogens with zero attached hydrogens (tertiary/aromatic N) is 3. The molecule has 0 fully saturated rings. The Kier molecular flexibility index (Phi) is 4.69. The summed E-state index contributed by atoms with van der Waals surface area (Å²) in [6, 6.07) is 13.7. The summed E-state index contributed by atoms with van der Waals surface area (Å²) in [5, 5.41) is 11.9. The quantitative estimate of drug-likeness (QED) is 0.212. The van der Waals surface area contributed by atoms with Crippen LogP contribution in [0.25, 0.3) is 22.3 Å². The molecule has 4 heterocycles. The lowest BCUT2D eigenvalue weighted by atomic mass is 9.85. The van der Waals surface area contributed by atoms with Gasteiger partial charge in [-0.05, 0) is 36.8 Å². The zero-order valence-corrected chi connectivity index (χ0v) is 19.0. The van der Waals surface area contributed by atoms with Crippen molar-refractivity contribution >= 4 is 22.6 Å². The van der Waals surface area contributed by atoms with Crippen LogP contribution in [-0.2, 0) is 28.3 Å². The number of hydrogen-bond donors (Lipinski definition) is 0. The van der Waals surface area contributed by atoms with E-state index >= 15 is 0 Å². The van der Waals surface area contributed by atoms with Gasteiger partial charge >= 0.3 is 5.97 Å². The molecule has 0 amide bonds. The maximum Gasteiger partial charge on any atom is 0.355 e. The first-order chi connectivity index (χ1) is 17.3. The Morgan fingerprint density at radius 2 is 2.00 bits per heavy atom. The third kappa shape index (κ3) is 2.97. The summed E-state index contributed by atoms with van der Waals surface area (Å²) >= 11 is 0. The van der Waals surface area contributed by atoms with Crippen molar-refractivity contribution in [2.45, 2.75) is 32.1 Å². The fraction of sp³-hybridized carbons (Fsp3) is 0.192. The van der Waals surface area contributed by atoms with Crippen molar-refractivity contribution in [1.82, 2.24) is 9.55 Å². The van der Waals surface area contributed by atoms with Crippen molar-refractivity contribution in [2.75, 3.05) is 0 Å². The molecule has 0 bridgehead atoms.